The Morgan fingerprint density at radius 2 is 1.77 bits per heavy atom. The van der Waals surface area contributed by atoms with E-state index in [4.69, 9.17) is 9.47 Å². The molecule has 0 aromatic heterocycles. The summed E-state index contributed by atoms with van der Waals surface area (Å²) in [5, 5.41) is 27.3. The molecule has 3 rings (SSSR count). The van der Waals surface area contributed by atoms with Crippen molar-refractivity contribution >= 4 is 29.4 Å². The number of allylic oxidation sites excluding steroid dienone is 7. The van der Waals surface area contributed by atoms with Crippen molar-refractivity contribution in [2.75, 3.05) is 7.11 Å². The van der Waals surface area contributed by atoms with Crippen LogP contribution in [0.1, 0.15) is 78.6 Å². The Morgan fingerprint density at radius 1 is 1.06 bits per heavy atom. The molecule has 256 valence electrons. The van der Waals surface area contributed by atoms with Gasteiger partial charge in [-0.3, -0.25) is 19.2 Å². The molecule has 11 nitrogen and oxygen atoms in total. The van der Waals surface area contributed by atoms with Crippen LogP contribution in [0.5, 0.6) is 0 Å². The lowest BCUT2D eigenvalue weighted by atomic mass is 9.88. The fraction of sp³-hybridized carbons (Fsp3) is 0.528. The molecule has 47 heavy (non-hydrogen) atoms. The van der Waals surface area contributed by atoms with Gasteiger partial charge in [0.25, 0.3) is 0 Å². The minimum Gasteiger partial charge on any atom is -0.505 e. The molecule has 2 aliphatic carbocycles. The number of ketones is 2. The lowest BCUT2D eigenvalue weighted by Gasteiger charge is -2.29. The van der Waals surface area contributed by atoms with Crippen LogP contribution in [0.3, 0.4) is 0 Å². The maximum absolute atomic E-state index is 13.1. The molecule has 0 radical (unpaired) electrons. The number of nitrogens with one attached hydrogen (secondary N) is 2. The van der Waals surface area contributed by atoms with E-state index in [0.717, 1.165) is 38.2 Å². The maximum Gasteiger partial charge on any atom is 0.328 e. The summed E-state index contributed by atoms with van der Waals surface area (Å²) in [6.45, 7) is 5.05. The van der Waals surface area contributed by atoms with Gasteiger partial charge >= 0.3 is 5.97 Å². The van der Waals surface area contributed by atoms with E-state index in [-0.39, 0.29) is 48.8 Å². The first-order valence-corrected chi connectivity index (χ1v) is 16.3. The first-order chi connectivity index (χ1) is 22.4. The van der Waals surface area contributed by atoms with E-state index in [1.54, 1.807) is 57.2 Å². The van der Waals surface area contributed by atoms with Crippen LogP contribution in [0, 0.1) is 11.8 Å². The Balaban J connectivity index is 1.83. The van der Waals surface area contributed by atoms with Crippen LogP contribution < -0.4 is 10.6 Å². The van der Waals surface area contributed by atoms with Crippen molar-refractivity contribution in [1.29, 1.82) is 0 Å². The van der Waals surface area contributed by atoms with E-state index in [1.165, 1.54) is 7.11 Å². The molecule has 0 saturated heterocycles. The monoisotopic (exact) mass is 652 g/mol. The van der Waals surface area contributed by atoms with Gasteiger partial charge in [0.1, 0.15) is 17.9 Å². The van der Waals surface area contributed by atoms with Crippen LogP contribution in [0.2, 0.25) is 0 Å². The minimum atomic E-state index is -1.03. The van der Waals surface area contributed by atoms with Crippen molar-refractivity contribution in [1.82, 2.24) is 10.6 Å². The molecule has 11 heteroatoms. The third-order valence-corrected chi connectivity index (χ3v) is 8.81. The number of ether oxygens (including phenoxy) is 2. The molecule has 0 spiro atoms. The van der Waals surface area contributed by atoms with Gasteiger partial charge in [0.15, 0.2) is 0 Å². The number of fused-ring (bicyclic) bond motifs is 1. The third kappa shape index (κ3) is 11.0. The first kappa shape index (κ1) is 37.4. The van der Waals surface area contributed by atoms with Gasteiger partial charge in [-0.25, -0.2) is 4.79 Å². The summed E-state index contributed by atoms with van der Waals surface area (Å²) in [7, 11) is 1.44. The standard InChI is InChI=1S/C36H48N2O9/c1-22-14-13-18-27-33(42)28(21-29(39)34(27)43)38-31(40)20-26(46-4)17-11-6-5-7-12-19-30(23(2)32(22)41)47-36(45)24(3)37-35(44)25-15-9-8-10-16-25/h5-7,11-12,14,17,21,23-26,30,32,41-42H,8-10,13,15-16,18-20H2,1-4H3,(H,37,44)(H,38,40)/b6-5+,12-7-,17-11+,22-14+. The van der Waals surface area contributed by atoms with Gasteiger partial charge in [0, 0.05) is 37.0 Å². The maximum atomic E-state index is 13.1. The topological polar surface area (TPSA) is 168 Å². The molecule has 5 unspecified atom stereocenters. The molecule has 1 heterocycles. The highest BCUT2D eigenvalue weighted by molar-refractivity contribution is 6.48. The van der Waals surface area contributed by atoms with Crippen LogP contribution in [0.25, 0.3) is 0 Å². The highest BCUT2D eigenvalue weighted by Gasteiger charge is 2.32. The summed E-state index contributed by atoms with van der Waals surface area (Å²) < 4.78 is 11.2. The molecule has 5 atom stereocenters. The molecule has 2 bridgehead atoms. The normalized spacial score (nSPS) is 29.6. The zero-order valence-corrected chi connectivity index (χ0v) is 27.7. The van der Waals surface area contributed by atoms with Crippen LogP contribution in [0.4, 0.5) is 0 Å². The zero-order chi connectivity index (χ0) is 34.5. The Bertz CT molecular complexity index is 1360. The Labute approximate surface area is 276 Å². The van der Waals surface area contributed by atoms with Crippen LogP contribution in [0.15, 0.2) is 71.2 Å². The minimum absolute atomic E-state index is 0.0173. The van der Waals surface area contributed by atoms with Gasteiger partial charge in [-0.15, -0.1) is 0 Å². The van der Waals surface area contributed by atoms with Gasteiger partial charge in [0.05, 0.1) is 24.3 Å². The highest BCUT2D eigenvalue weighted by atomic mass is 16.5. The summed E-state index contributed by atoms with van der Waals surface area (Å²) in [5.41, 5.74) is 0.244. The van der Waals surface area contributed by atoms with Crippen molar-refractivity contribution in [3.05, 3.63) is 71.2 Å². The first-order valence-electron chi connectivity index (χ1n) is 16.3. The number of amides is 2. The molecule has 2 amide bonds. The number of rotatable bonds is 5. The third-order valence-electron chi connectivity index (χ3n) is 8.81. The van der Waals surface area contributed by atoms with E-state index in [0.29, 0.717) is 5.57 Å². The van der Waals surface area contributed by atoms with Crippen LogP contribution in [-0.4, -0.2) is 71.0 Å². The quantitative estimate of drug-likeness (QED) is 0.148. The second kappa shape index (κ2) is 18.3. The summed E-state index contributed by atoms with van der Waals surface area (Å²) in [4.78, 5) is 63.5. The number of carbonyl (C=O) groups is 5. The fourth-order valence-corrected chi connectivity index (χ4v) is 5.79. The second-order valence-corrected chi connectivity index (χ2v) is 12.4. The van der Waals surface area contributed by atoms with Crippen molar-refractivity contribution < 1.29 is 43.7 Å². The highest BCUT2D eigenvalue weighted by Crippen LogP contribution is 2.26. The lowest BCUT2D eigenvalue weighted by molar-refractivity contribution is -0.156. The van der Waals surface area contributed by atoms with Gasteiger partial charge < -0.3 is 30.3 Å². The molecular weight excluding hydrogens is 604 g/mol. The smallest absolute Gasteiger partial charge is 0.328 e. The molecule has 1 fully saturated rings. The van der Waals surface area contributed by atoms with E-state index in [9.17, 15) is 34.2 Å². The molecule has 0 aromatic carbocycles. The van der Waals surface area contributed by atoms with E-state index < -0.39 is 59.5 Å². The van der Waals surface area contributed by atoms with E-state index >= 15 is 0 Å². The summed E-state index contributed by atoms with van der Waals surface area (Å²) in [6, 6.07) is -0.865. The van der Waals surface area contributed by atoms with Crippen molar-refractivity contribution in [3.63, 3.8) is 0 Å². The predicted molar refractivity (Wildman–Crippen MR) is 176 cm³/mol. The van der Waals surface area contributed by atoms with E-state index in [2.05, 4.69) is 10.6 Å². The Hall–Kier alpha value is -4.09. The number of hydrogen-bond donors (Lipinski definition) is 4. The van der Waals surface area contributed by atoms with Gasteiger partial charge in [-0.2, -0.15) is 0 Å². The molecule has 1 saturated carbocycles. The summed E-state index contributed by atoms with van der Waals surface area (Å²) >= 11 is 0. The second-order valence-electron chi connectivity index (χ2n) is 12.4. The molecule has 4 N–H and O–H groups in total. The van der Waals surface area contributed by atoms with Gasteiger partial charge in [0.2, 0.25) is 23.4 Å². The number of methoxy groups -OCH3 is 1. The zero-order valence-electron chi connectivity index (χ0n) is 27.7. The predicted octanol–water partition coefficient (Wildman–Crippen LogP) is 4.15. The summed E-state index contributed by atoms with van der Waals surface area (Å²) in [6.07, 6.45) is 15.7. The van der Waals surface area contributed by atoms with Crippen LogP contribution >= 0.6 is 0 Å². The SMILES string of the molecule is COC1/C=C/C=C/C=C\CC(OC(=O)C(C)NC(=O)C2CCCCC2)C(C)C(O)/C(C)=C/CCC2=C(O)C(=CC(=O)C2=O)NC(=O)C1. The number of carbonyl (C=O) groups excluding carboxylic acids is 5. The fourth-order valence-electron chi connectivity index (χ4n) is 5.79. The number of aliphatic hydroxyl groups excluding tert-OH is 2. The largest absolute Gasteiger partial charge is 0.505 e. The van der Waals surface area contributed by atoms with Gasteiger partial charge in [-0.1, -0.05) is 68.7 Å². The number of hydrogen-bond acceptors (Lipinski definition) is 9. The molecule has 1 aliphatic heterocycles. The molecular formula is C36H48N2O9. The lowest BCUT2D eigenvalue weighted by Crippen LogP contribution is -2.45. The van der Waals surface area contributed by atoms with Crippen molar-refractivity contribution in [3.8, 4) is 0 Å². The number of esters is 1. The van der Waals surface area contributed by atoms with Crippen LogP contribution in [-0.2, 0) is 33.4 Å². The Kier molecular flexibility index (Phi) is 14.6. The molecule has 0 aromatic rings. The number of Topliss-reactive ketones (excluding diaryl/α,β-unsaturated/α-hetero) is 1. The Morgan fingerprint density at radius 3 is 2.47 bits per heavy atom. The number of aliphatic hydroxyl groups is 2. The van der Waals surface area contributed by atoms with Gasteiger partial charge in [-0.05, 0) is 45.1 Å². The van der Waals surface area contributed by atoms with Crippen molar-refractivity contribution in [2.45, 2.75) is 103 Å². The summed E-state index contributed by atoms with van der Waals surface area (Å²) in [5.74, 6) is -4.15. The average molecular weight is 653 g/mol. The van der Waals surface area contributed by atoms with E-state index in [1.807, 2.05) is 6.08 Å². The average Bonchev–Trinajstić information content (AvgIpc) is 3.06. The van der Waals surface area contributed by atoms with Crippen molar-refractivity contribution in [2.24, 2.45) is 11.8 Å². The molecule has 3 aliphatic rings.